The van der Waals surface area contributed by atoms with Crippen molar-refractivity contribution in [1.82, 2.24) is 0 Å². The molecule has 1 aromatic carbocycles. The molecule has 2 N–H and O–H groups in total. The number of hydrogen-bond donors (Lipinski definition) is 1. The number of rotatable bonds is 4. The van der Waals surface area contributed by atoms with Gasteiger partial charge in [-0.05, 0) is 22.0 Å². The minimum absolute atomic E-state index is 0. The zero-order valence-corrected chi connectivity index (χ0v) is 10.4. The highest BCUT2D eigenvalue weighted by molar-refractivity contribution is 9.10. The van der Waals surface area contributed by atoms with Crippen LogP contribution in [0.15, 0.2) is 16.6 Å². The van der Waals surface area contributed by atoms with Crippen molar-refractivity contribution in [3.63, 3.8) is 0 Å². The number of nitro benzene ring substituents is 1. The van der Waals surface area contributed by atoms with Gasteiger partial charge in [-0.25, -0.2) is 4.39 Å². The monoisotopic (exact) mass is 314 g/mol. The molecular weight excluding hydrogens is 306 g/mol. The first kappa shape index (κ1) is 15.1. The predicted molar refractivity (Wildman–Crippen MR) is 62.6 cm³/mol. The molecule has 0 atom stereocenters. The van der Waals surface area contributed by atoms with Crippen molar-refractivity contribution < 1.29 is 14.1 Å². The minimum atomic E-state index is -0.709. The molecule has 8 heteroatoms. The first-order chi connectivity index (χ1) is 7.06. The van der Waals surface area contributed by atoms with Gasteiger partial charge in [-0.2, -0.15) is 0 Å². The zero-order chi connectivity index (χ0) is 11.4. The SMILES string of the molecule is Cl.NCCOc1c(Br)cc(F)cc1[N+](=O)[O-]. The molecule has 0 saturated carbocycles. The molecule has 0 spiro atoms. The smallest absolute Gasteiger partial charge is 0.315 e. The van der Waals surface area contributed by atoms with E-state index in [0.29, 0.717) is 0 Å². The summed E-state index contributed by atoms with van der Waals surface area (Å²) in [5, 5.41) is 10.6. The van der Waals surface area contributed by atoms with Crippen LogP contribution in [-0.4, -0.2) is 18.1 Å². The van der Waals surface area contributed by atoms with E-state index in [0.717, 1.165) is 12.1 Å². The van der Waals surface area contributed by atoms with Crippen LogP contribution < -0.4 is 10.5 Å². The standard InChI is InChI=1S/C8H8BrFN2O3.ClH/c9-6-3-5(10)4-7(12(13)14)8(6)15-2-1-11;/h3-4H,1-2,11H2;1H. The van der Waals surface area contributed by atoms with Gasteiger partial charge in [0.15, 0.2) is 0 Å². The molecule has 1 rings (SSSR count). The summed E-state index contributed by atoms with van der Waals surface area (Å²) in [7, 11) is 0. The van der Waals surface area contributed by atoms with Crippen LogP contribution in [0, 0.1) is 15.9 Å². The molecule has 0 aliphatic carbocycles. The van der Waals surface area contributed by atoms with Crippen molar-refractivity contribution in [1.29, 1.82) is 0 Å². The van der Waals surface area contributed by atoms with Crippen molar-refractivity contribution in [3.05, 3.63) is 32.5 Å². The highest BCUT2D eigenvalue weighted by atomic mass is 79.9. The van der Waals surface area contributed by atoms with E-state index in [1.54, 1.807) is 0 Å². The molecule has 0 fully saturated rings. The Balaban J connectivity index is 0.00000225. The Hall–Kier alpha value is -0.920. The third-order valence-corrected chi connectivity index (χ3v) is 2.14. The van der Waals surface area contributed by atoms with Crippen molar-refractivity contribution in [2.45, 2.75) is 0 Å². The normalized spacial score (nSPS) is 9.44. The van der Waals surface area contributed by atoms with Crippen LogP contribution in [0.1, 0.15) is 0 Å². The lowest BCUT2D eigenvalue weighted by atomic mass is 10.3. The summed E-state index contributed by atoms with van der Waals surface area (Å²) < 4.78 is 18.1. The quantitative estimate of drug-likeness (QED) is 0.683. The summed E-state index contributed by atoms with van der Waals surface area (Å²) in [5.74, 6) is -0.708. The van der Waals surface area contributed by atoms with Gasteiger partial charge in [0.2, 0.25) is 5.75 Å². The molecule has 0 aliphatic rings. The van der Waals surface area contributed by atoms with Crippen LogP contribution >= 0.6 is 28.3 Å². The van der Waals surface area contributed by atoms with Crippen LogP contribution in [-0.2, 0) is 0 Å². The van der Waals surface area contributed by atoms with Crippen LogP contribution in [0.4, 0.5) is 10.1 Å². The van der Waals surface area contributed by atoms with E-state index in [-0.39, 0.29) is 35.8 Å². The van der Waals surface area contributed by atoms with Crippen molar-refractivity contribution in [2.24, 2.45) is 5.73 Å². The molecule has 0 aromatic heterocycles. The maximum Gasteiger partial charge on any atom is 0.315 e. The predicted octanol–water partition coefficient (Wildman–Crippen LogP) is 2.26. The molecule has 0 saturated heterocycles. The zero-order valence-electron chi connectivity index (χ0n) is 7.98. The fourth-order valence-electron chi connectivity index (χ4n) is 0.986. The number of nitrogens with two attached hydrogens (primary N) is 1. The third kappa shape index (κ3) is 3.58. The highest BCUT2D eigenvalue weighted by Gasteiger charge is 2.20. The lowest BCUT2D eigenvalue weighted by Crippen LogP contribution is -2.11. The van der Waals surface area contributed by atoms with Crippen molar-refractivity contribution in [3.8, 4) is 5.75 Å². The number of benzene rings is 1. The summed E-state index contributed by atoms with van der Waals surface area (Å²) in [5.41, 5.74) is 4.78. The van der Waals surface area contributed by atoms with E-state index in [9.17, 15) is 14.5 Å². The molecule has 90 valence electrons. The molecule has 0 aliphatic heterocycles. The summed E-state index contributed by atoms with van der Waals surface area (Å²) in [6, 6.07) is 1.90. The van der Waals surface area contributed by atoms with E-state index < -0.39 is 16.4 Å². The van der Waals surface area contributed by atoms with Gasteiger partial charge in [-0.1, -0.05) is 0 Å². The first-order valence-corrected chi connectivity index (χ1v) is 4.82. The summed E-state index contributed by atoms with van der Waals surface area (Å²) in [6.07, 6.45) is 0. The van der Waals surface area contributed by atoms with Crippen molar-refractivity contribution >= 4 is 34.0 Å². The lowest BCUT2D eigenvalue weighted by molar-refractivity contribution is -0.386. The Morgan fingerprint density at radius 3 is 2.69 bits per heavy atom. The van der Waals surface area contributed by atoms with E-state index in [1.165, 1.54) is 0 Å². The van der Waals surface area contributed by atoms with Gasteiger partial charge >= 0.3 is 5.69 Å². The molecule has 16 heavy (non-hydrogen) atoms. The molecule has 5 nitrogen and oxygen atoms in total. The van der Waals surface area contributed by atoms with E-state index in [2.05, 4.69) is 15.9 Å². The van der Waals surface area contributed by atoms with Crippen molar-refractivity contribution in [2.75, 3.05) is 13.2 Å². The van der Waals surface area contributed by atoms with Gasteiger partial charge < -0.3 is 10.5 Å². The average Bonchev–Trinajstić information content (AvgIpc) is 2.15. The Labute approximate surface area is 105 Å². The molecule has 0 heterocycles. The van der Waals surface area contributed by atoms with E-state index in [1.807, 2.05) is 0 Å². The molecule has 0 radical (unpaired) electrons. The number of nitro groups is 1. The first-order valence-electron chi connectivity index (χ1n) is 4.02. The van der Waals surface area contributed by atoms with Crippen LogP contribution in [0.5, 0.6) is 5.75 Å². The second kappa shape index (κ2) is 6.62. The van der Waals surface area contributed by atoms with Gasteiger partial charge in [-0.15, -0.1) is 12.4 Å². The Morgan fingerprint density at radius 2 is 2.19 bits per heavy atom. The summed E-state index contributed by atoms with van der Waals surface area (Å²) >= 11 is 2.99. The largest absolute Gasteiger partial charge is 0.485 e. The third-order valence-electron chi connectivity index (χ3n) is 1.55. The lowest BCUT2D eigenvalue weighted by Gasteiger charge is -2.07. The van der Waals surface area contributed by atoms with Gasteiger partial charge in [0.05, 0.1) is 15.5 Å². The van der Waals surface area contributed by atoms with Gasteiger partial charge in [0.1, 0.15) is 12.4 Å². The fourth-order valence-corrected chi connectivity index (χ4v) is 1.52. The molecule has 1 aromatic rings. The van der Waals surface area contributed by atoms with E-state index >= 15 is 0 Å². The molecule has 0 bridgehead atoms. The van der Waals surface area contributed by atoms with Gasteiger partial charge in [0, 0.05) is 6.54 Å². The summed E-state index contributed by atoms with van der Waals surface area (Å²) in [6.45, 7) is 0.353. The number of halogens is 3. The Bertz CT molecular complexity index is 392. The van der Waals surface area contributed by atoms with Gasteiger partial charge in [0.25, 0.3) is 0 Å². The second-order valence-corrected chi connectivity index (χ2v) is 3.48. The maximum absolute atomic E-state index is 12.9. The fraction of sp³-hybridized carbons (Fsp3) is 0.250. The van der Waals surface area contributed by atoms with Gasteiger partial charge in [-0.3, -0.25) is 10.1 Å². The second-order valence-electron chi connectivity index (χ2n) is 2.63. The Morgan fingerprint density at radius 1 is 1.56 bits per heavy atom. The molecular formula is C8H9BrClFN2O3. The number of nitrogens with zero attached hydrogens (tertiary/aromatic N) is 1. The van der Waals surface area contributed by atoms with E-state index in [4.69, 9.17) is 10.5 Å². The summed E-state index contributed by atoms with van der Waals surface area (Å²) in [4.78, 5) is 9.89. The highest BCUT2D eigenvalue weighted by Crippen LogP contribution is 2.35. The Kier molecular flexibility index (Phi) is 6.24. The molecule has 0 unspecified atom stereocenters. The topological polar surface area (TPSA) is 78.4 Å². The molecule has 0 amide bonds. The van der Waals surface area contributed by atoms with Crippen LogP contribution in [0.2, 0.25) is 0 Å². The number of ether oxygens (including phenoxy) is 1. The van der Waals surface area contributed by atoms with Crippen LogP contribution in [0.3, 0.4) is 0 Å². The minimum Gasteiger partial charge on any atom is -0.485 e. The van der Waals surface area contributed by atoms with Crippen LogP contribution in [0.25, 0.3) is 0 Å². The maximum atomic E-state index is 12.9. The average molecular weight is 316 g/mol. The number of hydrogen-bond acceptors (Lipinski definition) is 4.